The monoisotopic (exact) mass is 577 g/mol. The molecule has 3 rings (SSSR count). The van der Waals surface area contributed by atoms with Gasteiger partial charge >= 0.3 is 12.1 Å². The smallest absolute Gasteiger partial charge is 0.408 e. The average molecular weight is 578 g/mol. The molecule has 4 atom stereocenters. The summed E-state index contributed by atoms with van der Waals surface area (Å²) in [6.45, 7) is 1.31. The van der Waals surface area contributed by atoms with Crippen LogP contribution in [0.25, 0.3) is 0 Å². The van der Waals surface area contributed by atoms with Gasteiger partial charge in [-0.1, -0.05) is 72.8 Å². The fourth-order valence-corrected chi connectivity index (χ4v) is 4.07. The van der Waals surface area contributed by atoms with E-state index in [4.69, 9.17) is 4.74 Å². The van der Waals surface area contributed by atoms with Crippen molar-refractivity contribution >= 4 is 23.9 Å². The Morgan fingerprint density at radius 2 is 1.21 bits per heavy atom. The molecule has 0 aliphatic rings. The van der Waals surface area contributed by atoms with Crippen molar-refractivity contribution in [2.45, 2.75) is 50.6 Å². The molecular weight excluding hydrogens is 542 g/mol. The molecule has 222 valence electrons. The summed E-state index contributed by atoms with van der Waals surface area (Å²) in [7, 11) is 1.12. The van der Waals surface area contributed by atoms with Gasteiger partial charge in [0.2, 0.25) is 11.8 Å². The second-order valence-corrected chi connectivity index (χ2v) is 9.63. The molecule has 3 aromatic rings. The third-order valence-electron chi connectivity index (χ3n) is 6.35. The van der Waals surface area contributed by atoms with Gasteiger partial charge in [-0.3, -0.25) is 9.59 Å². The molecule has 3 aromatic carbocycles. The number of aromatic hydroxyl groups is 1. The highest BCUT2D eigenvalue weighted by molar-refractivity contribution is 5.93. The van der Waals surface area contributed by atoms with E-state index in [1.807, 2.05) is 24.3 Å². The molecular formula is C31H35N3O8. The van der Waals surface area contributed by atoms with Gasteiger partial charge in [0.1, 0.15) is 24.4 Å². The number of phenolic OH excluding ortho intramolecular Hbond substituents is 1. The number of alkyl carbamates (subject to hydrolysis) is 1. The third kappa shape index (κ3) is 9.93. The molecule has 0 bridgehead atoms. The van der Waals surface area contributed by atoms with E-state index in [0.29, 0.717) is 5.56 Å². The lowest BCUT2D eigenvalue weighted by Gasteiger charge is -2.26. The minimum Gasteiger partial charge on any atom is -0.508 e. The van der Waals surface area contributed by atoms with Gasteiger partial charge in [0.05, 0.1) is 13.2 Å². The second kappa shape index (κ2) is 15.8. The lowest BCUT2D eigenvalue weighted by atomic mass is 10.0. The van der Waals surface area contributed by atoms with Crippen LogP contribution < -0.4 is 16.0 Å². The first kappa shape index (κ1) is 31.6. The number of phenols is 1. The van der Waals surface area contributed by atoms with Crippen molar-refractivity contribution in [3.8, 4) is 5.75 Å². The lowest BCUT2D eigenvalue weighted by molar-refractivity contribution is -0.148. The number of benzene rings is 3. The van der Waals surface area contributed by atoms with E-state index in [1.165, 1.54) is 19.1 Å². The number of carbonyl (C=O) groups is 4. The molecule has 0 aliphatic heterocycles. The summed E-state index contributed by atoms with van der Waals surface area (Å²) >= 11 is 0. The van der Waals surface area contributed by atoms with E-state index < -0.39 is 48.1 Å². The Labute approximate surface area is 243 Å². The lowest BCUT2D eigenvalue weighted by Crippen LogP contribution is -2.58. The molecule has 0 heterocycles. The van der Waals surface area contributed by atoms with E-state index in [9.17, 15) is 29.4 Å². The number of methoxy groups -OCH3 is 1. The Kier molecular flexibility index (Phi) is 11.9. The summed E-state index contributed by atoms with van der Waals surface area (Å²) in [5, 5.41) is 27.4. The van der Waals surface area contributed by atoms with Crippen LogP contribution in [0, 0.1) is 0 Å². The minimum atomic E-state index is -1.38. The van der Waals surface area contributed by atoms with Gasteiger partial charge in [0.25, 0.3) is 0 Å². The molecule has 0 spiro atoms. The fraction of sp³-hybridized carbons (Fsp3) is 0.290. The first-order valence-corrected chi connectivity index (χ1v) is 13.3. The highest BCUT2D eigenvalue weighted by Crippen LogP contribution is 2.13. The summed E-state index contributed by atoms with van der Waals surface area (Å²) in [5.41, 5.74) is 2.11. The van der Waals surface area contributed by atoms with Crippen LogP contribution in [0.3, 0.4) is 0 Å². The van der Waals surface area contributed by atoms with E-state index in [1.54, 1.807) is 48.5 Å². The summed E-state index contributed by atoms with van der Waals surface area (Å²) in [6.07, 6.45) is -2.03. The number of aliphatic hydroxyl groups is 1. The highest BCUT2D eigenvalue weighted by Gasteiger charge is 2.32. The summed E-state index contributed by atoms with van der Waals surface area (Å²) in [5.74, 6) is -2.29. The number of hydrogen-bond donors (Lipinski definition) is 5. The Morgan fingerprint density at radius 1 is 0.714 bits per heavy atom. The van der Waals surface area contributed by atoms with Crippen LogP contribution in [-0.4, -0.2) is 65.4 Å². The SMILES string of the molecule is COC(=O)[C@H](NC(=O)[C@H](Cc1ccc(O)cc1)NC(=O)[C@@H](Cc1ccccc1)NC(=O)OCc1ccccc1)[C@@H](C)O. The Morgan fingerprint density at radius 3 is 1.76 bits per heavy atom. The van der Waals surface area contributed by atoms with Crippen molar-refractivity contribution in [3.05, 3.63) is 102 Å². The number of rotatable bonds is 13. The maximum absolute atomic E-state index is 13.6. The molecule has 0 aromatic heterocycles. The Bertz CT molecular complexity index is 1320. The molecule has 0 radical (unpaired) electrons. The third-order valence-corrected chi connectivity index (χ3v) is 6.35. The normalized spacial score (nSPS) is 13.5. The van der Waals surface area contributed by atoms with Crippen molar-refractivity contribution < 1.29 is 38.9 Å². The van der Waals surface area contributed by atoms with Crippen LogP contribution in [0.15, 0.2) is 84.9 Å². The van der Waals surface area contributed by atoms with Crippen LogP contribution in [-0.2, 0) is 43.3 Å². The quantitative estimate of drug-likeness (QED) is 0.193. The van der Waals surface area contributed by atoms with Gasteiger partial charge in [-0.15, -0.1) is 0 Å². The van der Waals surface area contributed by atoms with Gasteiger partial charge in [0.15, 0.2) is 6.04 Å². The highest BCUT2D eigenvalue weighted by atomic mass is 16.5. The Hall–Kier alpha value is -4.90. The number of amides is 3. The van der Waals surface area contributed by atoms with E-state index in [0.717, 1.165) is 18.2 Å². The van der Waals surface area contributed by atoms with Crippen molar-refractivity contribution in [2.75, 3.05) is 7.11 Å². The van der Waals surface area contributed by atoms with Crippen LogP contribution in [0.2, 0.25) is 0 Å². The predicted molar refractivity (Wildman–Crippen MR) is 153 cm³/mol. The number of ether oxygens (including phenoxy) is 2. The number of esters is 1. The van der Waals surface area contributed by atoms with Gasteiger partial charge in [0, 0.05) is 12.8 Å². The van der Waals surface area contributed by atoms with Crippen molar-refractivity contribution in [1.82, 2.24) is 16.0 Å². The molecule has 5 N–H and O–H groups in total. The van der Waals surface area contributed by atoms with E-state index >= 15 is 0 Å². The summed E-state index contributed by atoms with van der Waals surface area (Å²) < 4.78 is 9.99. The number of nitrogens with one attached hydrogen (secondary N) is 3. The van der Waals surface area contributed by atoms with Crippen molar-refractivity contribution in [3.63, 3.8) is 0 Å². The second-order valence-electron chi connectivity index (χ2n) is 9.63. The molecule has 0 saturated carbocycles. The first-order chi connectivity index (χ1) is 20.2. The van der Waals surface area contributed by atoms with Gasteiger partial charge in [-0.25, -0.2) is 9.59 Å². The predicted octanol–water partition coefficient (Wildman–Crippen LogP) is 2.00. The first-order valence-electron chi connectivity index (χ1n) is 13.3. The zero-order chi connectivity index (χ0) is 30.5. The number of aliphatic hydroxyl groups excluding tert-OH is 1. The molecule has 42 heavy (non-hydrogen) atoms. The molecule has 3 amide bonds. The number of hydrogen-bond acceptors (Lipinski definition) is 8. The maximum Gasteiger partial charge on any atom is 0.408 e. The number of carbonyl (C=O) groups excluding carboxylic acids is 4. The van der Waals surface area contributed by atoms with Gasteiger partial charge in [-0.05, 0) is 35.7 Å². The Balaban J connectivity index is 1.81. The largest absolute Gasteiger partial charge is 0.508 e. The summed E-state index contributed by atoms with van der Waals surface area (Å²) in [6, 6.07) is 20.3. The van der Waals surface area contributed by atoms with Crippen LogP contribution >= 0.6 is 0 Å². The van der Waals surface area contributed by atoms with Crippen LogP contribution in [0.4, 0.5) is 4.79 Å². The van der Waals surface area contributed by atoms with E-state index in [-0.39, 0.29) is 25.2 Å². The zero-order valence-electron chi connectivity index (χ0n) is 23.4. The molecule has 11 nitrogen and oxygen atoms in total. The minimum absolute atomic E-state index is 0.00745. The van der Waals surface area contributed by atoms with Crippen molar-refractivity contribution in [1.29, 1.82) is 0 Å². The average Bonchev–Trinajstić information content (AvgIpc) is 2.99. The van der Waals surface area contributed by atoms with Crippen LogP contribution in [0.1, 0.15) is 23.6 Å². The molecule has 0 saturated heterocycles. The molecule has 0 aliphatic carbocycles. The fourth-order valence-electron chi connectivity index (χ4n) is 4.07. The summed E-state index contributed by atoms with van der Waals surface area (Å²) in [4.78, 5) is 51.8. The standard InChI is InChI=1S/C31H35N3O8/c1-20(35)27(30(39)41-2)34-29(38)25(18-22-13-15-24(36)16-14-22)32-28(37)26(17-21-9-5-3-6-10-21)33-31(40)42-19-23-11-7-4-8-12-23/h3-16,20,25-27,35-36H,17-19H2,1-2H3,(H,32,37)(H,33,40)(H,34,38)/t20-,25+,26-,27-/m1/s1. The molecule has 0 unspecified atom stereocenters. The van der Waals surface area contributed by atoms with Gasteiger partial charge < -0.3 is 35.6 Å². The van der Waals surface area contributed by atoms with Gasteiger partial charge in [-0.2, -0.15) is 0 Å². The van der Waals surface area contributed by atoms with Crippen molar-refractivity contribution in [2.24, 2.45) is 0 Å². The van der Waals surface area contributed by atoms with Crippen LogP contribution in [0.5, 0.6) is 5.75 Å². The molecule has 11 heteroatoms. The van der Waals surface area contributed by atoms with E-state index in [2.05, 4.69) is 20.7 Å². The maximum atomic E-state index is 13.6. The molecule has 0 fully saturated rings. The topological polar surface area (TPSA) is 163 Å². The zero-order valence-corrected chi connectivity index (χ0v) is 23.4.